The Hall–Kier alpha value is -7.26. The number of fused-ring (bicyclic) bond motifs is 6. The fourth-order valence-electron chi connectivity index (χ4n) is 12.5. The van der Waals surface area contributed by atoms with Crippen LogP contribution in [0.5, 0.6) is 0 Å². The second kappa shape index (κ2) is 17.8. The van der Waals surface area contributed by atoms with Crippen molar-refractivity contribution in [1.82, 2.24) is 0 Å². The molecule has 0 radical (unpaired) electrons. The summed E-state index contributed by atoms with van der Waals surface area (Å²) >= 11 is 0. The van der Waals surface area contributed by atoms with Crippen LogP contribution in [0.15, 0.2) is 224 Å². The molecule has 2 aliphatic rings. The maximum Gasteiger partial charge on any atom is 0.179 e. The number of rotatable bonds is 13. The number of nitrogens with zero attached hydrogens (tertiary/aromatic N) is 1. The fraction of sp³-hybridized carbons (Fsp3) is 0.152. The van der Waals surface area contributed by atoms with Gasteiger partial charge in [0.15, 0.2) is 8.07 Å². The summed E-state index contributed by atoms with van der Waals surface area (Å²) in [4.78, 5) is 2.39. The van der Waals surface area contributed by atoms with Gasteiger partial charge in [0, 0.05) is 27.9 Å². The minimum atomic E-state index is -2.69. The summed E-state index contributed by atoms with van der Waals surface area (Å²) in [6, 6.07) is 84.7. The largest absolute Gasteiger partial charge is 0.310 e. The number of benzene rings is 9. The highest BCUT2D eigenvalue weighted by atomic mass is 28.3. The Morgan fingerprint density at radius 1 is 0.324 bits per heavy atom. The van der Waals surface area contributed by atoms with Gasteiger partial charge in [-0.3, -0.25) is 0 Å². The molecule has 0 aromatic heterocycles. The van der Waals surface area contributed by atoms with Gasteiger partial charge >= 0.3 is 0 Å². The molecule has 0 saturated carbocycles. The van der Waals surface area contributed by atoms with Crippen LogP contribution in [0, 0.1) is 0 Å². The van der Waals surface area contributed by atoms with Gasteiger partial charge < -0.3 is 4.90 Å². The van der Waals surface area contributed by atoms with E-state index in [0.717, 1.165) is 37.1 Å². The molecule has 9 aromatic rings. The monoisotopic (exact) mass is 893 g/mol. The van der Waals surface area contributed by atoms with Gasteiger partial charge in [0.05, 0.1) is 0 Å². The number of para-hydroxylation sites is 2. The molecular formula is C66H59NSi. The molecule has 0 saturated heterocycles. The van der Waals surface area contributed by atoms with Crippen LogP contribution in [0.4, 0.5) is 17.1 Å². The third kappa shape index (κ3) is 6.80. The van der Waals surface area contributed by atoms with Crippen molar-refractivity contribution < 1.29 is 0 Å². The predicted molar refractivity (Wildman–Crippen MR) is 294 cm³/mol. The lowest BCUT2D eigenvalue weighted by Gasteiger charge is -2.36. The summed E-state index contributed by atoms with van der Waals surface area (Å²) in [5.74, 6) is 0. The van der Waals surface area contributed by atoms with E-state index in [0.29, 0.717) is 0 Å². The molecule has 332 valence electrons. The molecule has 0 bridgehead atoms. The highest BCUT2D eigenvalue weighted by Gasteiger charge is 2.46. The lowest BCUT2D eigenvalue weighted by Crippen LogP contribution is -2.74. The van der Waals surface area contributed by atoms with E-state index in [4.69, 9.17) is 0 Å². The summed E-state index contributed by atoms with van der Waals surface area (Å²) in [5.41, 5.74) is 17.1. The molecule has 1 nitrogen and oxygen atoms in total. The normalized spacial score (nSPS) is 14.0. The molecule has 0 fully saturated rings. The van der Waals surface area contributed by atoms with Crippen LogP contribution < -0.4 is 25.6 Å². The third-order valence-corrected chi connectivity index (χ3v) is 20.8. The minimum absolute atomic E-state index is 0.0778. The summed E-state index contributed by atoms with van der Waals surface area (Å²) < 4.78 is 0. The van der Waals surface area contributed by atoms with E-state index in [2.05, 4.69) is 269 Å². The number of hydrogen-bond acceptors (Lipinski definition) is 1. The maximum atomic E-state index is 2.64. The zero-order valence-corrected chi connectivity index (χ0v) is 40.8. The SMILES string of the molecule is CCC1(CC)c2cc(/C=C/c3ccc4c(c3)C(CC)(CC)c3cc([Si](c5ccccc5)(c5ccccc5)c5ccccc5)ccc3-4)ccc2-c2ccc(N(c3ccccc3)c3ccccc3)cc21. The number of anilines is 3. The van der Waals surface area contributed by atoms with Crippen molar-refractivity contribution in [3.63, 3.8) is 0 Å². The average Bonchev–Trinajstić information content (AvgIpc) is 3.85. The molecule has 0 heterocycles. The van der Waals surface area contributed by atoms with Crippen LogP contribution in [0.25, 0.3) is 34.4 Å². The third-order valence-electron chi connectivity index (χ3n) is 16.0. The summed E-state index contributed by atoms with van der Waals surface area (Å²) in [5, 5.41) is 5.67. The minimum Gasteiger partial charge on any atom is -0.310 e. The van der Waals surface area contributed by atoms with E-state index >= 15 is 0 Å². The van der Waals surface area contributed by atoms with Crippen molar-refractivity contribution in [2.75, 3.05) is 4.90 Å². The van der Waals surface area contributed by atoms with Gasteiger partial charge in [-0.05, 0) is 138 Å². The highest BCUT2D eigenvalue weighted by molar-refractivity contribution is 7.19. The molecule has 0 amide bonds. The Labute approximate surface area is 405 Å². The lowest BCUT2D eigenvalue weighted by atomic mass is 9.73. The van der Waals surface area contributed by atoms with Gasteiger partial charge in [-0.1, -0.05) is 228 Å². The quantitative estimate of drug-likeness (QED) is 0.0633. The van der Waals surface area contributed by atoms with E-state index in [1.807, 2.05) is 0 Å². The highest BCUT2D eigenvalue weighted by Crippen LogP contribution is 2.55. The second-order valence-corrected chi connectivity index (χ2v) is 22.7. The first kappa shape index (κ1) is 43.3. The van der Waals surface area contributed by atoms with Gasteiger partial charge in [0.1, 0.15) is 0 Å². The first-order chi connectivity index (χ1) is 33.5. The molecule has 0 N–H and O–H groups in total. The summed E-state index contributed by atoms with van der Waals surface area (Å²) in [6.07, 6.45) is 8.83. The van der Waals surface area contributed by atoms with Crippen molar-refractivity contribution in [3.8, 4) is 22.3 Å². The van der Waals surface area contributed by atoms with E-state index < -0.39 is 8.07 Å². The maximum absolute atomic E-state index is 2.69. The molecular weight excluding hydrogens is 835 g/mol. The molecule has 68 heavy (non-hydrogen) atoms. The zero-order chi connectivity index (χ0) is 46.3. The van der Waals surface area contributed by atoms with Crippen molar-refractivity contribution in [2.45, 2.75) is 64.2 Å². The van der Waals surface area contributed by atoms with Gasteiger partial charge in [-0.2, -0.15) is 0 Å². The standard InChI is InChI=1S/C66H59NSi/c1-5-65(6-2)61-44-48(36-40-57(61)59-42-38-52(46-63(59)65)67(50-24-14-9-15-25-50)51-26-16-10-17-27-51)34-35-49-37-41-58-60-43-39-56(47-64(60)66(7-3,8-4)62(58)45-49)68(53-28-18-11-19-29-53,54-30-20-12-21-31-54)55-32-22-13-23-33-55/h9-47H,5-8H2,1-4H3/b35-34+. The van der Waals surface area contributed by atoms with Gasteiger partial charge in [-0.25, -0.2) is 0 Å². The second-order valence-electron chi connectivity index (χ2n) is 18.9. The van der Waals surface area contributed by atoms with Crippen LogP contribution in [0.2, 0.25) is 0 Å². The Morgan fingerprint density at radius 3 is 1.06 bits per heavy atom. The zero-order valence-electron chi connectivity index (χ0n) is 39.8. The van der Waals surface area contributed by atoms with Crippen LogP contribution in [-0.4, -0.2) is 8.07 Å². The van der Waals surface area contributed by atoms with Gasteiger partial charge in [0.25, 0.3) is 0 Å². The van der Waals surface area contributed by atoms with Gasteiger partial charge in [0.2, 0.25) is 0 Å². The molecule has 9 aromatic carbocycles. The Morgan fingerprint density at radius 2 is 0.662 bits per heavy atom. The average molecular weight is 894 g/mol. The van der Waals surface area contributed by atoms with Crippen LogP contribution in [0.3, 0.4) is 0 Å². The van der Waals surface area contributed by atoms with Crippen molar-refractivity contribution in [3.05, 3.63) is 258 Å². The Bertz CT molecular complexity index is 3120. The first-order valence-corrected chi connectivity index (χ1v) is 26.8. The molecule has 0 atom stereocenters. The van der Waals surface area contributed by atoms with Crippen molar-refractivity contribution >= 4 is 58.0 Å². The summed E-state index contributed by atoms with van der Waals surface area (Å²) in [6.45, 7) is 9.54. The molecule has 2 heteroatoms. The summed E-state index contributed by atoms with van der Waals surface area (Å²) in [7, 11) is -2.69. The van der Waals surface area contributed by atoms with Crippen LogP contribution in [-0.2, 0) is 10.8 Å². The van der Waals surface area contributed by atoms with E-state index in [1.165, 1.54) is 82.1 Å². The fourth-order valence-corrected chi connectivity index (χ4v) is 17.2. The van der Waals surface area contributed by atoms with E-state index in [1.54, 1.807) is 0 Å². The lowest BCUT2D eigenvalue weighted by molar-refractivity contribution is 0.490. The molecule has 11 rings (SSSR count). The topological polar surface area (TPSA) is 3.24 Å². The number of hydrogen-bond donors (Lipinski definition) is 0. The molecule has 0 aliphatic heterocycles. The Kier molecular flexibility index (Phi) is 11.3. The van der Waals surface area contributed by atoms with Crippen LogP contribution in [0.1, 0.15) is 86.8 Å². The van der Waals surface area contributed by atoms with Crippen molar-refractivity contribution in [1.29, 1.82) is 0 Å². The van der Waals surface area contributed by atoms with E-state index in [-0.39, 0.29) is 10.8 Å². The smallest absolute Gasteiger partial charge is 0.179 e. The van der Waals surface area contributed by atoms with Crippen LogP contribution >= 0.6 is 0 Å². The van der Waals surface area contributed by atoms with Gasteiger partial charge in [-0.15, -0.1) is 0 Å². The van der Waals surface area contributed by atoms with E-state index in [9.17, 15) is 0 Å². The Balaban J connectivity index is 0.959. The first-order valence-electron chi connectivity index (χ1n) is 24.8. The van der Waals surface area contributed by atoms with Crippen molar-refractivity contribution in [2.24, 2.45) is 0 Å². The molecule has 0 spiro atoms. The molecule has 2 aliphatic carbocycles. The predicted octanol–water partition coefficient (Wildman–Crippen LogP) is 14.9. The molecule has 0 unspecified atom stereocenters.